The second-order valence-corrected chi connectivity index (χ2v) is 6.70. The van der Waals surface area contributed by atoms with Gasteiger partial charge < -0.3 is 0 Å². The molecule has 0 bridgehead atoms. The standard InChI is InChI=1S/C22H12N8/c1-2-17-21(24-7-1)30-19(11-25-17)13-3-5-16-15(8-13)10-26-22(28-16)18-6-4-14-9-23-12-27-20(14)29-18/h1-12H. The van der Waals surface area contributed by atoms with Crippen LogP contribution in [0, 0.1) is 0 Å². The first-order valence-electron chi connectivity index (χ1n) is 9.26. The lowest BCUT2D eigenvalue weighted by Crippen LogP contribution is -1.95. The molecule has 140 valence electrons. The van der Waals surface area contributed by atoms with Crippen molar-refractivity contribution in [2.45, 2.75) is 0 Å². The molecule has 8 nitrogen and oxygen atoms in total. The maximum atomic E-state index is 4.67. The van der Waals surface area contributed by atoms with Gasteiger partial charge in [0.2, 0.25) is 0 Å². The molecular weight excluding hydrogens is 376 g/mol. The summed E-state index contributed by atoms with van der Waals surface area (Å²) in [4.78, 5) is 35.3. The van der Waals surface area contributed by atoms with Crippen molar-refractivity contribution in [3.05, 3.63) is 73.6 Å². The van der Waals surface area contributed by atoms with Gasteiger partial charge in [0, 0.05) is 34.9 Å². The van der Waals surface area contributed by atoms with Gasteiger partial charge in [0.1, 0.15) is 17.5 Å². The average Bonchev–Trinajstić information content (AvgIpc) is 2.83. The Morgan fingerprint density at radius 1 is 0.600 bits per heavy atom. The first-order valence-corrected chi connectivity index (χ1v) is 9.26. The van der Waals surface area contributed by atoms with Gasteiger partial charge in [-0.05, 0) is 36.4 Å². The molecule has 0 aliphatic rings. The smallest absolute Gasteiger partial charge is 0.178 e. The van der Waals surface area contributed by atoms with Crippen molar-refractivity contribution in [1.82, 2.24) is 39.9 Å². The van der Waals surface area contributed by atoms with E-state index in [0.29, 0.717) is 22.8 Å². The molecule has 0 saturated carbocycles. The Morgan fingerprint density at radius 2 is 1.57 bits per heavy atom. The van der Waals surface area contributed by atoms with Gasteiger partial charge in [-0.25, -0.2) is 34.9 Å². The monoisotopic (exact) mass is 388 g/mol. The van der Waals surface area contributed by atoms with Crippen LogP contribution < -0.4 is 0 Å². The fourth-order valence-electron chi connectivity index (χ4n) is 3.29. The van der Waals surface area contributed by atoms with E-state index in [0.717, 1.165) is 33.1 Å². The number of hydrogen-bond donors (Lipinski definition) is 0. The molecular formula is C22H12N8. The van der Waals surface area contributed by atoms with Crippen LogP contribution in [0.15, 0.2) is 73.6 Å². The zero-order chi connectivity index (χ0) is 19.9. The van der Waals surface area contributed by atoms with E-state index in [9.17, 15) is 0 Å². The van der Waals surface area contributed by atoms with Crippen LogP contribution in [0.25, 0.3) is 55.9 Å². The van der Waals surface area contributed by atoms with E-state index in [1.165, 1.54) is 6.33 Å². The Kier molecular flexibility index (Phi) is 3.60. The molecule has 0 amide bonds. The molecule has 6 rings (SSSR count). The Morgan fingerprint density at radius 3 is 2.57 bits per heavy atom. The quantitative estimate of drug-likeness (QED) is 0.443. The van der Waals surface area contributed by atoms with Crippen LogP contribution in [-0.2, 0) is 0 Å². The number of hydrogen-bond acceptors (Lipinski definition) is 8. The molecule has 6 aromatic rings. The predicted molar refractivity (Wildman–Crippen MR) is 112 cm³/mol. The number of aromatic nitrogens is 8. The second-order valence-electron chi connectivity index (χ2n) is 6.70. The van der Waals surface area contributed by atoms with Gasteiger partial charge in [0.15, 0.2) is 17.1 Å². The summed E-state index contributed by atoms with van der Waals surface area (Å²) in [5.74, 6) is 0.547. The molecule has 0 fully saturated rings. The van der Waals surface area contributed by atoms with Crippen molar-refractivity contribution in [3.8, 4) is 22.8 Å². The maximum absolute atomic E-state index is 4.67. The predicted octanol–water partition coefficient (Wildman–Crippen LogP) is 3.64. The molecule has 30 heavy (non-hydrogen) atoms. The van der Waals surface area contributed by atoms with Crippen LogP contribution in [0.5, 0.6) is 0 Å². The molecule has 1 aromatic carbocycles. The third-order valence-electron chi connectivity index (χ3n) is 4.79. The Labute approximate surface area is 169 Å². The average molecular weight is 388 g/mol. The summed E-state index contributed by atoms with van der Waals surface area (Å²) in [6, 6.07) is 13.4. The second kappa shape index (κ2) is 6.56. The molecule has 0 atom stereocenters. The lowest BCUT2D eigenvalue weighted by atomic mass is 10.1. The van der Waals surface area contributed by atoms with Gasteiger partial charge in [0.25, 0.3) is 0 Å². The van der Waals surface area contributed by atoms with E-state index in [4.69, 9.17) is 0 Å². The zero-order valence-corrected chi connectivity index (χ0v) is 15.5. The lowest BCUT2D eigenvalue weighted by Gasteiger charge is -2.06. The van der Waals surface area contributed by atoms with Gasteiger partial charge in [-0.1, -0.05) is 6.07 Å². The van der Waals surface area contributed by atoms with Crippen LogP contribution >= 0.6 is 0 Å². The van der Waals surface area contributed by atoms with Gasteiger partial charge in [-0.2, -0.15) is 0 Å². The van der Waals surface area contributed by atoms with Crippen LogP contribution in [0.2, 0.25) is 0 Å². The number of pyridine rings is 2. The third kappa shape index (κ3) is 2.78. The lowest BCUT2D eigenvalue weighted by molar-refractivity contribution is 1.15. The molecule has 8 heteroatoms. The molecule has 5 heterocycles. The molecule has 0 radical (unpaired) electrons. The first-order chi connectivity index (χ1) is 14.8. The highest BCUT2D eigenvalue weighted by molar-refractivity contribution is 5.85. The largest absolute Gasteiger partial charge is 0.251 e. The molecule has 0 saturated heterocycles. The van der Waals surface area contributed by atoms with Crippen LogP contribution in [0.3, 0.4) is 0 Å². The minimum atomic E-state index is 0.547. The van der Waals surface area contributed by atoms with Crippen molar-refractivity contribution in [2.24, 2.45) is 0 Å². The minimum absolute atomic E-state index is 0.547. The Bertz CT molecular complexity index is 1450. The van der Waals surface area contributed by atoms with E-state index >= 15 is 0 Å². The van der Waals surface area contributed by atoms with Crippen molar-refractivity contribution in [3.63, 3.8) is 0 Å². The molecule has 0 unspecified atom stereocenters. The normalized spacial score (nSPS) is 11.3. The summed E-state index contributed by atoms with van der Waals surface area (Å²) in [6.07, 6.45) is 8.46. The van der Waals surface area contributed by atoms with E-state index in [-0.39, 0.29) is 0 Å². The van der Waals surface area contributed by atoms with Crippen molar-refractivity contribution < 1.29 is 0 Å². The van der Waals surface area contributed by atoms with Gasteiger partial charge in [-0.3, -0.25) is 4.98 Å². The molecule has 0 aliphatic heterocycles. The summed E-state index contributed by atoms with van der Waals surface area (Å²) >= 11 is 0. The topological polar surface area (TPSA) is 103 Å². The van der Waals surface area contributed by atoms with Gasteiger partial charge in [0.05, 0.1) is 17.4 Å². The first kappa shape index (κ1) is 16.5. The number of rotatable bonds is 2. The van der Waals surface area contributed by atoms with Crippen molar-refractivity contribution in [1.29, 1.82) is 0 Å². The van der Waals surface area contributed by atoms with Gasteiger partial charge >= 0.3 is 0 Å². The van der Waals surface area contributed by atoms with Crippen LogP contribution in [-0.4, -0.2) is 39.9 Å². The Balaban J connectivity index is 1.41. The summed E-state index contributed by atoms with van der Waals surface area (Å²) in [5, 5.41) is 1.78. The molecule has 0 spiro atoms. The Hall–Kier alpha value is -4.46. The van der Waals surface area contributed by atoms with E-state index in [1.807, 2.05) is 42.5 Å². The fraction of sp³-hybridized carbons (Fsp3) is 0. The number of nitrogens with zero attached hydrogens (tertiary/aromatic N) is 8. The van der Waals surface area contributed by atoms with Crippen LogP contribution in [0.4, 0.5) is 0 Å². The number of fused-ring (bicyclic) bond motifs is 3. The minimum Gasteiger partial charge on any atom is -0.251 e. The third-order valence-corrected chi connectivity index (χ3v) is 4.79. The maximum Gasteiger partial charge on any atom is 0.178 e. The SMILES string of the molecule is c1cnc2nc(-c3ccc4nc(-c5ccc6cncnc6n5)ncc4c3)cnc2c1. The van der Waals surface area contributed by atoms with E-state index < -0.39 is 0 Å². The van der Waals surface area contributed by atoms with Crippen LogP contribution in [0.1, 0.15) is 0 Å². The molecule has 0 aliphatic carbocycles. The van der Waals surface area contributed by atoms with Crippen molar-refractivity contribution in [2.75, 3.05) is 0 Å². The summed E-state index contributed by atoms with van der Waals surface area (Å²) in [6.45, 7) is 0. The summed E-state index contributed by atoms with van der Waals surface area (Å²) in [5.41, 5.74) is 5.17. The molecule has 0 N–H and O–H groups in total. The number of benzene rings is 1. The fourth-order valence-corrected chi connectivity index (χ4v) is 3.29. The highest BCUT2D eigenvalue weighted by Crippen LogP contribution is 2.24. The summed E-state index contributed by atoms with van der Waals surface area (Å²) in [7, 11) is 0. The van der Waals surface area contributed by atoms with E-state index in [2.05, 4.69) is 39.9 Å². The highest BCUT2D eigenvalue weighted by Gasteiger charge is 2.09. The van der Waals surface area contributed by atoms with E-state index in [1.54, 1.807) is 24.8 Å². The highest BCUT2D eigenvalue weighted by atomic mass is 15.0. The zero-order valence-electron chi connectivity index (χ0n) is 15.5. The van der Waals surface area contributed by atoms with Crippen molar-refractivity contribution >= 4 is 33.1 Å². The molecule has 5 aromatic heterocycles. The van der Waals surface area contributed by atoms with Gasteiger partial charge in [-0.15, -0.1) is 0 Å². The summed E-state index contributed by atoms with van der Waals surface area (Å²) < 4.78 is 0.